The molecule has 150 valence electrons. The van der Waals surface area contributed by atoms with Gasteiger partial charge in [0.2, 0.25) is 5.91 Å². The van der Waals surface area contributed by atoms with Crippen LogP contribution in [0.3, 0.4) is 0 Å². The molecule has 1 aromatic rings. The number of aldehydes is 1. The van der Waals surface area contributed by atoms with Crippen molar-refractivity contribution in [2.75, 3.05) is 39.3 Å². The van der Waals surface area contributed by atoms with Crippen molar-refractivity contribution in [2.45, 2.75) is 24.9 Å². The first kappa shape index (κ1) is 20.2. The van der Waals surface area contributed by atoms with Crippen LogP contribution in [0.5, 0.6) is 0 Å². The van der Waals surface area contributed by atoms with E-state index in [0.717, 1.165) is 38.9 Å². The number of hydrogen-bond donors (Lipinski definition) is 1. The molecular weight excluding hydrogens is 356 g/mol. The van der Waals surface area contributed by atoms with E-state index in [2.05, 4.69) is 40.7 Å². The molecular formula is C21H28N4O3. The van der Waals surface area contributed by atoms with Crippen molar-refractivity contribution >= 4 is 18.0 Å². The molecule has 28 heavy (non-hydrogen) atoms. The zero-order chi connectivity index (χ0) is 20.0. The number of amides is 1. The van der Waals surface area contributed by atoms with Crippen LogP contribution >= 0.6 is 0 Å². The minimum atomic E-state index is -0.308. The molecule has 1 spiro atoms. The highest BCUT2D eigenvalue weighted by Crippen LogP contribution is 2.31. The van der Waals surface area contributed by atoms with E-state index in [1.54, 1.807) is 4.90 Å². The monoisotopic (exact) mass is 384 g/mol. The second-order valence-corrected chi connectivity index (χ2v) is 7.52. The summed E-state index contributed by atoms with van der Waals surface area (Å²) in [4.78, 5) is 30.9. The number of likely N-dealkylation sites (tertiary alicyclic amines) is 1. The summed E-state index contributed by atoms with van der Waals surface area (Å²) in [5.74, 6) is -0.217. The van der Waals surface area contributed by atoms with E-state index in [4.69, 9.17) is 10.5 Å². The Morgan fingerprint density at radius 1 is 1.29 bits per heavy atom. The van der Waals surface area contributed by atoms with Crippen LogP contribution in [0.1, 0.15) is 18.4 Å². The van der Waals surface area contributed by atoms with Crippen LogP contribution in [-0.2, 0) is 20.7 Å². The van der Waals surface area contributed by atoms with Gasteiger partial charge in [0.1, 0.15) is 6.61 Å². The lowest BCUT2D eigenvalue weighted by molar-refractivity contribution is -0.170. The largest absolute Gasteiger partial charge is 0.381 e. The maximum Gasteiger partial charge on any atom is 0.249 e. The van der Waals surface area contributed by atoms with Crippen LogP contribution in [0.25, 0.3) is 0 Å². The molecule has 2 aliphatic heterocycles. The molecule has 2 heterocycles. The summed E-state index contributed by atoms with van der Waals surface area (Å²) in [6.07, 6.45) is 3.28. The fraction of sp³-hybridized carbons (Fsp3) is 0.476. The maximum atomic E-state index is 12.2. The van der Waals surface area contributed by atoms with Crippen LogP contribution in [0.15, 0.2) is 47.6 Å². The van der Waals surface area contributed by atoms with Gasteiger partial charge in [0.05, 0.1) is 24.4 Å². The third-order valence-corrected chi connectivity index (χ3v) is 5.44. The van der Waals surface area contributed by atoms with Gasteiger partial charge in [-0.2, -0.15) is 0 Å². The average Bonchev–Trinajstić information content (AvgIpc) is 2.71. The zero-order valence-electron chi connectivity index (χ0n) is 16.2. The van der Waals surface area contributed by atoms with Gasteiger partial charge in [-0.3, -0.25) is 9.59 Å². The molecule has 2 saturated heterocycles. The number of benzene rings is 1. The number of carbonyl (C=O) groups excluding carboxylic acids is 2. The molecule has 0 bridgehead atoms. The van der Waals surface area contributed by atoms with Gasteiger partial charge in [-0.1, -0.05) is 36.9 Å². The number of aliphatic imine (C=N–C) groups is 1. The summed E-state index contributed by atoms with van der Waals surface area (Å²) < 4.78 is 5.98. The van der Waals surface area contributed by atoms with Crippen molar-refractivity contribution in [3.05, 3.63) is 48.2 Å². The minimum absolute atomic E-state index is 0.0736. The number of nitrogens with two attached hydrogens (primary N) is 1. The Morgan fingerprint density at radius 2 is 2.00 bits per heavy atom. The highest BCUT2D eigenvalue weighted by molar-refractivity contribution is 6.26. The number of hydrogen-bond acceptors (Lipinski definition) is 5. The average molecular weight is 384 g/mol. The lowest BCUT2D eigenvalue weighted by Crippen LogP contribution is -2.59. The first-order valence-corrected chi connectivity index (χ1v) is 9.65. The minimum Gasteiger partial charge on any atom is -0.381 e. The molecule has 1 amide bonds. The Labute approximate surface area is 165 Å². The van der Waals surface area contributed by atoms with Gasteiger partial charge in [0, 0.05) is 19.6 Å². The summed E-state index contributed by atoms with van der Waals surface area (Å²) in [5.41, 5.74) is 6.86. The summed E-state index contributed by atoms with van der Waals surface area (Å²) in [6, 6.07) is 10.5. The zero-order valence-corrected chi connectivity index (χ0v) is 16.2. The van der Waals surface area contributed by atoms with Gasteiger partial charge in [0.25, 0.3) is 0 Å². The highest BCUT2D eigenvalue weighted by atomic mass is 16.5. The fourth-order valence-electron chi connectivity index (χ4n) is 3.81. The van der Waals surface area contributed by atoms with Gasteiger partial charge in [-0.25, -0.2) is 4.99 Å². The molecule has 0 aliphatic carbocycles. The van der Waals surface area contributed by atoms with Crippen molar-refractivity contribution < 1.29 is 14.3 Å². The Hall–Kier alpha value is -2.51. The van der Waals surface area contributed by atoms with E-state index in [9.17, 15) is 9.59 Å². The van der Waals surface area contributed by atoms with Gasteiger partial charge in [-0.05, 0) is 24.8 Å². The fourth-order valence-corrected chi connectivity index (χ4v) is 3.81. The number of nitrogens with zero attached hydrogens (tertiary/aromatic N) is 3. The molecule has 2 N–H and O–H groups in total. The normalized spacial score (nSPS) is 20.4. The van der Waals surface area contributed by atoms with Crippen molar-refractivity contribution in [1.82, 2.24) is 9.80 Å². The standard InChI is InChI=1S/C21H28N4O3/c1-17(23-19(22)14-26)13-25-16-21(28-15-20(25)27)8-11-24(12-9-21)10-7-18-5-3-2-4-6-18/h2-6,14H,1,7-13,15-16H2,(H2,22,23). The summed E-state index contributed by atoms with van der Waals surface area (Å²) in [6.45, 7) is 7.58. The Morgan fingerprint density at radius 3 is 2.68 bits per heavy atom. The number of rotatable bonds is 7. The molecule has 7 nitrogen and oxygen atoms in total. The van der Waals surface area contributed by atoms with Gasteiger partial charge in [0.15, 0.2) is 12.1 Å². The third kappa shape index (κ3) is 5.27. The van der Waals surface area contributed by atoms with Gasteiger partial charge < -0.3 is 20.3 Å². The first-order chi connectivity index (χ1) is 13.5. The van der Waals surface area contributed by atoms with Crippen LogP contribution in [0, 0.1) is 0 Å². The summed E-state index contributed by atoms with van der Waals surface area (Å²) in [5, 5.41) is 0. The Kier molecular flexibility index (Phi) is 6.59. The predicted molar refractivity (Wildman–Crippen MR) is 108 cm³/mol. The van der Waals surface area contributed by atoms with E-state index >= 15 is 0 Å². The second kappa shape index (κ2) is 9.12. The van der Waals surface area contributed by atoms with Gasteiger partial charge in [-0.15, -0.1) is 0 Å². The topological polar surface area (TPSA) is 88.2 Å². The van der Waals surface area contributed by atoms with E-state index in [-0.39, 0.29) is 30.5 Å². The molecule has 7 heteroatoms. The van der Waals surface area contributed by atoms with Crippen molar-refractivity contribution in [2.24, 2.45) is 10.7 Å². The number of piperidine rings is 1. The van der Waals surface area contributed by atoms with Crippen LogP contribution < -0.4 is 5.73 Å². The SMILES string of the molecule is C=C(CN1CC2(CCN(CCc3ccccc3)CC2)OCC1=O)/N=C(/N)C=O. The van der Waals surface area contributed by atoms with E-state index in [1.807, 2.05) is 6.07 Å². The second-order valence-electron chi connectivity index (χ2n) is 7.52. The molecule has 0 atom stereocenters. The van der Waals surface area contributed by atoms with Crippen molar-refractivity contribution in [3.8, 4) is 0 Å². The van der Waals surface area contributed by atoms with Crippen LogP contribution in [-0.4, -0.2) is 72.8 Å². The molecule has 1 aromatic carbocycles. The van der Waals surface area contributed by atoms with E-state index < -0.39 is 0 Å². The lowest BCUT2D eigenvalue weighted by atomic mass is 9.89. The number of morpholine rings is 1. The maximum absolute atomic E-state index is 12.2. The number of carbonyl (C=O) groups is 2. The van der Waals surface area contributed by atoms with Gasteiger partial charge >= 0.3 is 0 Å². The van der Waals surface area contributed by atoms with E-state index in [0.29, 0.717) is 18.5 Å². The van der Waals surface area contributed by atoms with E-state index in [1.165, 1.54) is 5.56 Å². The number of ether oxygens (including phenoxy) is 1. The molecule has 2 fully saturated rings. The molecule has 2 aliphatic rings. The molecule has 0 unspecified atom stereocenters. The first-order valence-electron chi connectivity index (χ1n) is 9.65. The quantitative estimate of drug-likeness (QED) is 0.430. The van der Waals surface area contributed by atoms with Crippen molar-refractivity contribution in [3.63, 3.8) is 0 Å². The molecule has 3 rings (SSSR count). The summed E-state index contributed by atoms with van der Waals surface area (Å²) in [7, 11) is 0. The van der Waals surface area contributed by atoms with Crippen LogP contribution in [0.4, 0.5) is 0 Å². The molecule has 0 aromatic heterocycles. The lowest BCUT2D eigenvalue weighted by Gasteiger charge is -2.47. The highest BCUT2D eigenvalue weighted by Gasteiger charge is 2.42. The van der Waals surface area contributed by atoms with Crippen molar-refractivity contribution in [1.29, 1.82) is 0 Å². The third-order valence-electron chi connectivity index (χ3n) is 5.44. The van der Waals surface area contributed by atoms with Crippen LogP contribution in [0.2, 0.25) is 0 Å². The Bertz CT molecular complexity index is 739. The number of amidine groups is 1. The smallest absolute Gasteiger partial charge is 0.249 e. The summed E-state index contributed by atoms with van der Waals surface area (Å²) >= 11 is 0. The Balaban J connectivity index is 1.51. The predicted octanol–water partition coefficient (Wildman–Crippen LogP) is 0.992. The molecule has 0 radical (unpaired) electrons. The molecule has 0 saturated carbocycles.